The van der Waals surface area contributed by atoms with Gasteiger partial charge in [0.15, 0.2) is 0 Å². The van der Waals surface area contributed by atoms with Crippen LogP contribution in [0.1, 0.15) is 44.1 Å². The number of carbonyl (C=O) groups excluding carboxylic acids is 1. The lowest BCUT2D eigenvalue weighted by Crippen LogP contribution is -2.49. The van der Waals surface area contributed by atoms with Crippen molar-refractivity contribution >= 4 is 11.7 Å². The molecule has 1 saturated carbocycles. The van der Waals surface area contributed by atoms with Gasteiger partial charge in [-0.15, -0.1) is 0 Å². The minimum absolute atomic E-state index is 0.00177. The second-order valence-electron chi connectivity index (χ2n) is 8.51. The number of rotatable bonds is 5. The van der Waals surface area contributed by atoms with Crippen LogP contribution in [-0.2, 0) is 14.3 Å². The Bertz CT molecular complexity index is 774. The normalized spacial score (nSPS) is 28.4. The molecule has 8 heteroatoms. The molecule has 1 spiro atoms. The quantitative estimate of drug-likeness (QED) is 0.770. The van der Waals surface area contributed by atoms with E-state index in [1.54, 1.807) is 17.0 Å². The molecule has 1 aliphatic carbocycles. The van der Waals surface area contributed by atoms with Crippen LogP contribution in [0.2, 0.25) is 0 Å². The van der Waals surface area contributed by atoms with Gasteiger partial charge >= 0.3 is 0 Å². The second kappa shape index (κ2) is 8.27. The first-order chi connectivity index (χ1) is 14.0. The second-order valence-corrected chi connectivity index (χ2v) is 8.51. The smallest absolute Gasteiger partial charge is 0.225 e. The van der Waals surface area contributed by atoms with Crippen LogP contribution in [0.5, 0.6) is 0 Å². The standard InChI is InChI=1S/C21H28N4O4/c22-11-16-2-3-18(23-12-16)24-13-17-4-7-21(29-17)14-25(8-9-28-15-21)19(26)10-20(27)5-1-6-20/h2-3,12,17,27H,1,4-10,13-15H2,(H,23,24)/t17-,21-/m0/s1. The van der Waals surface area contributed by atoms with Crippen LogP contribution in [0.4, 0.5) is 5.82 Å². The molecule has 156 valence electrons. The first-order valence-corrected chi connectivity index (χ1v) is 10.4. The van der Waals surface area contributed by atoms with Gasteiger partial charge in [-0.05, 0) is 44.2 Å². The Morgan fingerprint density at radius 3 is 2.97 bits per heavy atom. The number of nitrogens with zero attached hydrogens (tertiary/aromatic N) is 3. The molecule has 2 aliphatic heterocycles. The number of pyridine rings is 1. The molecule has 2 atom stereocenters. The summed E-state index contributed by atoms with van der Waals surface area (Å²) in [4.78, 5) is 18.8. The number of amides is 1. The van der Waals surface area contributed by atoms with E-state index in [-0.39, 0.29) is 18.4 Å². The van der Waals surface area contributed by atoms with Crippen molar-refractivity contribution in [2.45, 2.75) is 55.8 Å². The molecule has 2 N–H and O–H groups in total. The van der Waals surface area contributed by atoms with Crippen molar-refractivity contribution in [3.8, 4) is 6.07 Å². The monoisotopic (exact) mass is 400 g/mol. The third kappa shape index (κ3) is 4.69. The fourth-order valence-corrected chi connectivity index (χ4v) is 4.32. The van der Waals surface area contributed by atoms with Gasteiger partial charge in [0.2, 0.25) is 5.91 Å². The van der Waals surface area contributed by atoms with E-state index < -0.39 is 11.2 Å². The zero-order valence-electron chi connectivity index (χ0n) is 16.6. The minimum Gasteiger partial charge on any atom is -0.389 e. The van der Waals surface area contributed by atoms with Crippen LogP contribution in [0.15, 0.2) is 18.3 Å². The topological polar surface area (TPSA) is 108 Å². The number of ether oxygens (including phenoxy) is 2. The molecule has 3 heterocycles. The van der Waals surface area contributed by atoms with E-state index in [0.29, 0.717) is 57.1 Å². The summed E-state index contributed by atoms with van der Waals surface area (Å²) in [6, 6.07) is 5.56. The van der Waals surface area contributed by atoms with E-state index in [9.17, 15) is 9.90 Å². The Kier molecular flexibility index (Phi) is 5.72. The number of carbonyl (C=O) groups is 1. The summed E-state index contributed by atoms with van der Waals surface area (Å²) < 4.78 is 12.1. The van der Waals surface area contributed by atoms with Gasteiger partial charge in [-0.25, -0.2) is 4.98 Å². The van der Waals surface area contributed by atoms with Gasteiger partial charge in [-0.1, -0.05) is 0 Å². The molecule has 3 aliphatic rings. The molecule has 8 nitrogen and oxygen atoms in total. The summed E-state index contributed by atoms with van der Waals surface area (Å²) >= 11 is 0. The lowest BCUT2D eigenvalue weighted by Gasteiger charge is -2.38. The molecule has 1 aromatic heterocycles. The molecule has 0 bridgehead atoms. The number of aliphatic hydroxyl groups is 1. The minimum atomic E-state index is -0.811. The summed E-state index contributed by atoms with van der Waals surface area (Å²) in [6.07, 6.45) is 5.84. The molecular formula is C21H28N4O4. The van der Waals surface area contributed by atoms with Crippen molar-refractivity contribution < 1.29 is 19.4 Å². The van der Waals surface area contributed by atoms with E-state index in [4.69, 9.17) is 14.7 Å². The largest absolute Gasteiger partial charge is 0.389 e. The first kappa shape index (κ1) is 20.1. The zero-order chi connectivity index (χ0) is 20.3. The van der Waals surface area contributed by atoms with E-state index in [1.807, 2.05) is 0 Å². The summed E-state index contributed by atoms with van der Waals surface area (Å²) in [6.45, 7) is 2.62. The highest BCUT2D eigenvalue weighted by atomic mass is 16.6. The molecule has 0 unspecified atom stereocenters. The Morgan fingerprint density at radius 2 is 2.28 bits per heavy atom. The van der Waals surface area contributed by atoms with Crippen LogP contribution in [0.3, 0.4) is 0 Å². The predicted molar refractivity (Wildman–Crippen MR) is 105 cm³/mol. The molecule has 4 rings (SSSR count). The molecule has 29 heavy (non-hydrogen) atoms. The number of nitriles is 1. The van der Waals surface area contributed by atoms with E-state index in [1.165, 1.54) is 6.20 Å². The van der Waals surface area contributed by atoms with Crippen LogP contribution >= 0.6 is 0 Å². The average molecular weight is 400 g/mol. The van der Waals surface area contributed by atoms with Gasteiger partial charge in [0.05, 0.1) is 43.4 Å². The fraction of sp³-hybridized carbons (Fsp3) is 0.667. The fourth-order valence-electron chi connectivity index (χ4n) is 4.32. The van der Waals surface area contributed by atoms with Gasteiger partial charge in [0.25, 0.3) is 0 Å². The van der Waals surface area contributed by atoms with Gasteiger partial charge < -0.3 is 24.8 Å². The van der Waals surface area contributed by atoms with E-state index >= 15 is 0 Å². The van der Waals surface area contributed by atoms with E-state index in [2.05, 4.69) is 16.4 Å². The number of nitrogens with one attached hydrogen (secondary N) is 1. The zero-order valence-corrected chi connectivity index (χ0v) is 16.6. The highest BCUT2D eigenvalue weighted by Gasteiger charge is 2.45. The van der Waals surface area contributed by atoms with Crippen LogP contribution in [0.25, 0.3) is 0 Å². The third-order valence-electron chi connectivity index (χ3n) is 6.21. The number of hydrogen-bond acceptors (Lipinski definition) is 7. The third-order valence-corrected chi connectivity index (χ3v) is 6.21. The Labute approximate surface area is 170 Å². The van der Waals surface area contributed by atoms with Gasteiger partial charge in [0, 0.05) is 19.3 Å². The lowest BCUT2D eigenvalue weighted by molar-refractivity contribution is -0.144. The molecule has 0 aromatic carbocycles. The Morgan fingerprint density at radius 1 is 1.41 bits per heavy atom. The molecule has 3 fully saturated rings. The molecule has 1 amide bonds. The van der Waals surface area contributed by atoms with Crippen LogP contribution in [-0.4, -0.2) is 71.1 Å². The van der Waals surface area contributed by atoms with Crippen molar-refractivity contribution in [3.63, 3.8) is 0 Å². The molecule has 2 saturated heterocycles. The maximum absolute atomic E-state index is 12.8. The van der Waals surface area contributed by atoms with Crippen LogP contribution in [0, 0.1) is 11.3 Å². The molecule has 0 radical (unpaired) electrons. The van der Waals surface area contributed by atoms with E-state index in [0.717, 1.165) is 19.3 Å². The van der Waals surface area contributed by atoms with Crippen molar-refractivity contribution in [3.05, 3.63) is 23.9 Å². The highest BCUT2D eigenvalue weighted by molar-refractivity contribution is 5.77. The summed E-state index contributed by atoms with van der Waals surface area (Å²) in [5, 5.41) is 22.5. The number of hydrogen-bond donors (Lipinski definition) is 2. The Balaban J connectivity index is 1.32. The van der Waals surface area contributed by atoms with Crippen molar-refractivity contribution in [1.82, 2.24) is 9.88 Å². The van der Waals surface area contributed by atoms with Crippen molar-refractivity contribution in [2.24, 2.45) is 0 Å². The number of anilines is 1. The summed E-state index contributed by atoms with van der Waals surface area (Å²) in [5.41, 5.74) is -0.772. The maximum atomic E-state index is 12.8. The average Bonchev–Trinajstić information content (AvgIpc) is 2.98. The van der Waals surface area contributed by atoms with Gasteiger partial charge in [-0.3, -0.25) is 4.79 Å². The highest BCUT2D eigenvalue weighted by Crippen LogP contribution is 2.37. The van der Waals surface area contributed by atoms with Gasteiger partial charge in [-0.2, -0.15) is 5.26 Å². The Hall–Kier alpha value is -2.21. The predicted octanol–water partition coefficient (Wildman–Crippen LogP) is 1.45. The van der Waals surface area contributed by atoms with Crippen LogP contribution < -0.4 is 5.32 Å². The maximum Gasteiger partial charge on any atom is 0.225 e. The summed E-state index contributed by atoms with van der Waals surface area (Å²) in [5.74, 6) is 0.695. The van der Waals surface area contributed by atoms with Crippen molar-refractivity contribution in [2.75, 3.05) is 38.2 Å². The SMILES string of the molecule is N#Cc1ccc(NC[C@@H]2CC[C@]3(COCCN(C(=O)CC4(O)CCC4)C3)O2)nc1. The lowest BCUT2D eigenvalue weighted by atomic mass is 9.77. The van der Waals surface area contributed by atoms with Gasteiger partial charge in [0.1, 0.15) is 17.5 Å². The van der Waals surface area contributed by atoms with Crippen molar-refractivity contribution in [1.29, 1.82) is 5.26 Å². The first-order valence-electron chi connectivity index (χ1n) is 10.4. The number of aromatic nitrogens is 1. The summed E-state index contributed by atoms with van der Waals surface area (Å²) in [7, 11) is 0. The molecule has 1 aromatic rings. The molecular weight excluding hydrogens is 372 g/mol.